The number of carbonyl (C=O) groups excluding carboxylic acids is 1. The molecule has 0 aliphatic carbocycles. The highest BCUT2D eigenvalue weighted by Crippen LogP contribution is 2.46. The van der Waals surface area contributed by atoms with E-state index in [1.54, 1.807) is 27.7 Å². The van der Waals surface area contributed by atoms with Gasteiger partial charge in [0.15, 0.2) is 0 Å². The Bertz CT molecular complexity index is 827. The third-order valence-corrected chi connectivity index (χ3v) is 5.95. The summed E-state index contributed by atoms with van der Waals surface area (Å²) in [6, 6.07) is 1.81. The normalized spacial score (nSPS) is 24.5. The Hall–Kier alpha value is -1.68. The van der Waals surface area contributed by atoms with Crippen LogP contribution in [0.2, 0.25) is 0 Å². The van der Waals surface area contributed by atoms with E-state index in [2.05, 4.69) is 15.9 Å². The number of amides is 1. The summed E-state index contributed by atoms with van der Waals surface area (Å²) in [5, 5.41) is 10.0. The minimum atomic E-state index is -4.49. The Kier molecular flexibility index (Phi) is 5.96. The van der Waals surface area contributed by atoms with Gasteiger partial charge in [-0.2, -0.15) is 13.2 Å². The monoisotopic (exact) mass is 494 g/mol. The number of likely N-dealkylation sites (tertiary alicyclic amines) is 1. The van der Waals surface area contributed by atoms with Crippen molar-refractivity contribution in [3.63, 3.8) is 0 Å². The predicted molar refractivity (Wildman–Crippen MR) is 109 cm³/mol. The molecule has 1 amide bonds. The predicted octanol–water partition coefficient (Wildman–Crippen LogP) is 4.43. The Balaban J connectivity index is 1.92. The Morgan fingerprint density at radius 3 is 2.60 bits per heavy atom. The van der Waals surface area contributed by atoms with Gasteiger partial charge in [0.1, 0.15) is 18.0 Å². The lowest BCUT2D eigenvalue weighted by Crippen LogP contribution is -2.49. The van der Waals surface area contributed by atoms with Crippen molar-refractivity contribution in [2.75, 3.05) is 31.2 Å². The molecule has 2 aliphatic heterocycles. The lowest BCUT2D eigenvalue weighted by molar-refractivity contribution is -0.137. The average molecular weight is 495 g/mol. The maximum Gasteiger partial charge on any atom is 0.416 e. The maximum absolute atomic E-state index is 13.2. The van der Waals surface area contributed by atoms with Crippen LogP contribution in [0.4, 0.5) is 23.7 Å². The Morgan fingerprint density at radius 1 is 1.37 bits per heavy atom. The SMILES string of the molecule is CC(C)(C)OC(=O)N1C[C@@H](N2CCOc3cc(C(F)(F)F)cc(Br)c32)C[C@]1(C)CO. The first kappa shape index (κ1) is 23.0. The van der Waals surface area contributed by atoms with Gasteiger partial charge in [0.25, 0.3) is 0 Å². The number of halogens is 4. The molecule has 0 bridgehead atoms. The molecule has 168 valence electrons. The fraction of sp³-hybridized carbons (Fsp3) is 0.650. The second kappa shape index (κ2) is 7.78. The first-order chi connectivity index (χ1) is 13.7. The lowest BCUT2D eigenvalue weighted by atomic mass is 9.97. The molecule has 1 N–H and O–H groups in total. The molecule has 2 aliphatic rings. The molecule has 3 rings (SSSR count). The van der Waals surface area contributed by atoms with Crippen LogP contribution < -0.4 is 9.64 Å². The van der Waals surface area contributed by atoms with Gasteiger partial charge >= 0.3 is 12.3 Å². The molecular formula is C20H26BrF3N2O4. The number of nitrogens with zero attached hydrogens (tertiary/aromatic N) is 2. The third-order valence-electron chi connectivity index (χ3n) is 5.35. The van der Waals surface area contributed by atoms with Crippen molar-refractivity contribution >= 4 is 27.7 Å². The van der Waals surface area contributed by atoms with Gasteiger partial charge in [-0.25, -0.2) is 4.79 Å². The van der Waals surface area contributed by atoms with Crippen LogP contribution >= 0.6 is 15.9 Å². The lowest BCUT2D eigenvalue weighted by Gasteiger charge is -2.37. The molecule has 0 radical (unpaired) electrons. The van der Waals surface area contributed by atoms with E-state index in [9.17, 15) is 23.1 Å². The van der Waals surface area contributed by atoms with Crippen LogP contribution in [0.25, 0.3) is 0 Å². The number of hydrogen-bond donors (Lipinski definition) is 1. The quantitative estimate of drug-likeness (QED) is 0.658. The number of aliphatic hydroxyl groups excluding tert-OH is 1. The number of anilines is 1. The van der Waals surface area contributed by atoms with Crippen LogP contribution in [0, 0.1) is 0 Å². The molecule has 0 aromatic heterocycles. The van der Waals surface area contributed by atoms with E-state index in [0.717, 1.165) is 12.1 Å². The van der Waals surface area contributed by atoms with Crippen molar-refractivity contribution < 1.29 is 32.5 Å². The summed E-state index contributed by atoms with van der Waals surface area (Å²) in [4.78, 5) is 16.2. The maximum atomic E-state index is 13.2. The van der Waals surface area contributed by atoms with E-state index in [4.69, 9.17) is 9.47 Å². The zero-order valence-corrected chi connectivity index (χ0v) is 18.9. The van der Waals surface area contributed by atoms with Gasteiger partial charge in [0, 0.05) is 17.1 Å². The van der Waals surface area contributed by atoms with Gasteiger partial charge in [-0.15, -0.1) is 0 Å². The largest absolute Gasteiger partial charge is 0.490 e. The first-order valence-corrected chi connectivity index (χ1v) is 10.5. The van der Waals surface area contributed by atoms with Crippen LogP contribution in [0.15, 0.2) is 16.6 Å². The van der Waals surface area contributed by atoms with Gasteiger partial charge in [-0.1, -0.05) is 0 Å². The zero-order chi connectivity index (χ0) is 22.5. The minimum Gasteiger partial charge on any atom is -0.490 e. The highest BCUT2D eigenvalue weighted by Gasteiger charge is 2.48. The molecule has 1 fully saturated rings. The molecule has 1 aromatic carbocycles. The van der Waals surface area contributed by atoms with Crippen molar-refractivity contribution in [1.29, 1.82) is 0 Å². The van der Waals surface area contributed by atoms with Crippen molar-refractivity contribution in [3.8, 4) is 5.75 Å². The second-order valence-corrected chi connectivity index (χ2v) is 9.80. The van der Waals surface area contributed by atoms with E-state index in [-0.39, 0.29) is 36.0 Å². The molecule has 30 heavy (non-hydrogen) atoms. The summed E-state index contributed by atoms with van der Waals surface area (Å²) in [6.45, 7) is 7.77. The van der Waals surface area contributed by atoms with Gasteiger partial charge in [0.2, 0.25) is 0 Å². The summed E-state index contributed by atoms with van der Waals surface area (Å²) >= 11 is 3.27. The van der Waals surface area contributed by atoms with Gasteiger partial charge in [-0.3, -0.25) is 4.90 Å². The first-order valence-electron chi connectivity index (χ1n) is 9.67. The van der Waals surface area contributed by atoms with Crippen molar-refractivity contribution in [2.24, 2.45) is 0 Å². The summed E-state index contributed by atoms with van der Waals surface area (Å²) in [7, 11) is 0. The summed E-state index contributed by atoms with van der Waals surface area (Å²) in [5.74, 6) is 0.143. The molecule has 1 saturated heterocycles. The number of carbonyl (C=O) groups is 1. The molecule has 10 heteroatoms. The van der Waals surface area contributed by atoms with Crippen molar-refractivity contribution in [3.05, 3.63) is 22.2 Å². The van der Waals surface area contributed by atoms with Crippen LogP contribution in [0.1, 0.15) is 39.7 Å². The number of rotatable bonds is 2. The van der Waals surface area contributed by atoms with Crippen LogP contribution in [-0.2, 0) is 10.9 Å². The second-order valence-electron chi connectivity index (χ2n) is 8.95. The van der Waals surface area contributed by atoms with E-state index >= 15 is 0 Å². The zero-order valence-electron chi connectivity index (χ0n) is 17.3. The number of alkyl halides is 3. The molecular weight excluding hydrogens is 469 g/mol. The molecule has 0 unspecified atom stereocenters. The van der Waals surface area contributed by atoms with E-state index in [1.165, 1.54) is 4.90 Å². The molecule has 1 aromatic rings. The third kappa shape index (κ3) is 4.49. The van der Waals surface area contributed by atoms with Crippen molar-refractivity contribution in [2.45, 2.75) is 57.5 Å². The van der Waals surface area contributed by atoms with Crippen LogP contribution in [-0.4, -0.2) is 59.6 Å². The number of ether oxygens (including phenoxy) is 2. The van der Waals surface area contributed by atoms with Gasteiger partial charge < -0.3 is 19.5 Å². The molecule has 2 heterocycles. The summed E-state index contributed by atoms with van der Waals surface area (Å²) in [5.41, 5.74) is -1.81. The number of aliphatic hydroxyl groups is 1. The number of fused-ring (bicyclic) bond motifs is 1. The van der Waals surface area contributed by atoms with Gasteiger partial charge in [0.05, 0.1) is 29.9 Å². The topological polar surface area (TPSA) is 62.2 Å². The van der Waals surface area contributed by atoms with E-state index in [1.807, 2.05) is 4.90 Å². The minimum absolute atomic E-state index is 0.143. The number of hydrogen-bond acceptors (Lipinski definition) is 5. The highest BCUT2D eigenvalue weighted by molar-refractivity contribution is 9.10. The standard InChI is InChI=1S/C20H26BrF3N2O4/c1-18(2,3)30-17(28)26-10-13(9-19(26,4)11-27)25-5-6-29-15-8-12(20(22,23)24)7-14(21)16(15)25/h7-8,13,27H,5-6,9-11H2,1-4H3/t13-,19+/m0/s1. The van der Waals surface area contributed by atoms with Gasteiger partial charge in [-0.05, 0) is 62.2 Å². The van der Waals surface area contributed by atoms with Crippen LogP contribution in [0.3, 0.4) is 0 Å². The van der Waals surface area contributed by atoms with E-state index < -0.39 is 29.0 Å². The van der Waals surface area contributed by atoms with Crippen molar-refractivity contribution in [1.82, 2.24) is 4.90 Å². The Labute approximate surface area is 182 Å². The number of benzene rings is 1. The summed E-state index contributed by atoms with van der Waals surface area (Å²) in [6.07, 6.45) is -4.57. The van der Waals surface area contributed by atoms with Crippen LogP contribution in [0.5, 0.6) is 5.75 Å². The fourth-order valence-electron chi connectivity index (χ4n) is 3.94. The smallest absolute Gasteiger partial charge is 0.416 e. The fourth-order valence-corrected chi connectivity index (χ4v) is 4.61. The highest BCUT2D eigenvalue weighted by atomic mass is 79.9. The average Bonchev–Trinajstić information content (AvgIpc) is 2.97. The Morgan fingerprint density at radius 2 is 2.03 bits per heavy atom. The summed E-state index contributed by atoms with van der Waals surface area (Å²) < 4.78 is 50.8. The molecule has 0 saturated carbocycles. The molecule has 2 atom stereocenters. The molecule has 6 nitrogen and oxygen atoms in total. The molecule has 0 spiro atoms. The van der Waals surface area contributed by atoms with E-state index in [0.29, 0.717) is 18.7 Å².